The van der Waals surface area contributed by atoms with Gasteiger partial charge in [0.25, 0.3) is 5.91 Å². The summed E-state index contributed by atoms with van der Waals surface area (Å²) >= 11 is 3.38. The number of carbonyl (C=O) groups is 2. The summed E-state index contributed by atoms with van der Waals surface area (Å²) in [5.74, 6) is -0.603. The summed E-state index contributed by atoms with van der Waals surface area (Å²) in [5.41, 5.74) is 1.62. The SMILES string of the molecule is CCN(C(=O)COc1ccc(C[C@H](OC)C(=O)O)cc1)c1ccc(Br)cc1. The molecule has 0 saturated heterocycles. The highest BCUT2D eigenvalue weighted by Crippen LogP contribution is 2.19. The fraction of sp³-hybridized carbons (Fsp3) is 0.300. The third kappa shape index (κ3) is 6.08. The Balaban J connectivity index is 1.94. The Bertz CT molecular complexity index is 761. The maximum Gasteiger partial charge on any atom is 0.333 e. The Kier molecular flexibility index (Phi) is 7.82. The number of hydrogen-bond acceptors (Lipinski definition) is 4. The van der Waals surface area contributed by atoms with Gasteiger partial charge in [-0.15, -0.1) is 0 Å². The van der Waals surface area contributed by atoms with Crippen LogP contribution in [0, 0.1) is 0 Å². The van der Waals surface area contributed by atoms with E-state index in [2.05, 4.69) is 15.9 Å². The average molecular weight is 436 g/mol. The van der Waals surface area contributed by atoms with Crippen LogP contribution in [0.2, 0.25) is 0 Å². The van der Waals surface area contributed by atoms with Crippen molar-refractivity contribution in [2.45, 2.75) is 19.4 Å². The number of methoxy groups -OCH3 is 1. The van der Waals surface area contributed by atoms with E-state index in [4.69, 9.17) is 14.6 Å². The van der Waals surface area contributed by atoms with Gasteiger partial charge in [0.05, 0.1) is 0 Å². The summed E-state index contributed by atoms with van der Waals surface area (Å²) < 4.78 is 11.5. The number of nitrogens with zero attached hydrogens (tertiary/aromatic N) is 1. The largest absolute Gasteiger partial charge is 0.484 e. The van der Waals surface area contributed by atoms with Gasteiger partial charge in [-0.1, -0.05) is 28.1 Å². The molecule has 0 aliphatic carbocycles. The molecule has 0 unspecified atom stereocenters. The number of benzene rings is 2. The highest BCUT2D eigenvalue weighted by Gasteiger charge is 2.17. The van der Waals surface area contributed by atoms with Gasteiger partial charge in [-0.25, -0.2) is 4.79 Å². The number of anilines is 1. The predicted molar refractivity (Wildman–Crippen MR) is 106 cm³/mol. The second-order valence-electron chi connectivity index (χ2n) is 5.81. The van der Waals surface area contributed by atoms with Crippen LogP contribution in [0.3, 0.4) is 0 Å². The molecule has 0 radical (unpaired) electrons. The number of likely N-dealkylation sites (N-methyl/N-ethyl adjacent to an activating group) is 1. The quantitative estimate of drug-likeness (QED) is 0.651. The zero-order valence-electron chi connectivity index (χ0n) is 15.2. The van der Waals surface area contributed by atoms with Gasteiger partial charge < -0.3 is 19.5 Å². The molecule has 0 fully saturated rings. The minimum atomic E-state index is -1.00. The van der Waals surface area contributed by atoms with E-state index < -0.39 is 12.1 Å². The molecule has 2 rings (SSSR count). The Morgan fingerprint density at radius 2 is 1.74 bits per heavy atom. The summed E-state index contributed by atoms with van der Waals surface area (Å²) in [6.45, 7) is 2.36. The number of hydrogen-bond donors (Lipinski definition) is 1. The van der Waals surface area contributed by atoms with Crippen LogP contribution in [0.15, 0.2) is 53.0 Å². The first-order valence-electron chi connectivity index (χ1n) is 8.47. The molecule has 0 heterocycles. The average Bonchev–Trinajstić information content (AvgIpc) is 2.67. The van der Waals surface area contributed by atoms with Gasteiger partial charge in [0, 0.05) is 30.2 Å². The molecule has 0 bridgehead atoms. The van der Waals surface area contributed by atoms with E-state index >= 15 is 0 Å². The fourth-order valence-electron chi connectivity index (χ4n) is 2.55. The van der Waals surface area contributed by atoms with Crippen LogP contribution in [0.25, 0.3) is 0 Å². The number of carboxylic acids is 1. The maximum absolute atomic E-state index is 12.5. The van der Waals surface area contributed by atoms with Crippen LogP contribution >= 0.6 is 15.9 Å². The Labute approximate surface area is 166 Å². The second-order valence-corrected chi connectivity index (χ2v) is 6.73. The van der Waals surface area contributed by atoms with E-state index in [9.17, 15) is 9.59 Å². The molecule has 1 atom stereocenters. The number of carboxylic acid groups (broad SMARTS) is 1. The number of amides is 1. The van der Waals surface area contributed by atoms with E-state index in [1.165, 1.54) is 7.11 Å². The van der Waals surface area contributed by atoms with Gasteiger partial charge in [-0.05, 0) is 48.9 Å². The number of ether oxygens (including phenoxy) is 2. The van der Waals surface area contributed by atoms with Crippen LogP contribution in [0.1, 0.15) is 12.5 Å². The maximum atomic E-state index is 12.5. The first-order valence-corrected chi connectivity index (χ1v) is 9.27. The van der Waals surface area contributed by atoms with Crippen molar-refractivity contribution in [1.29, 1.82) is 0 Å². The predicted octanol–water partition coefficient (Wildman–Crippen LogP) is 3.52. The molecule has 0 saturated carbocycles. The van der Waals surface area contributed by atoms with Gasteiger partial charge in [0.2, 0.25) is 0 Å². The molecule has 0 spiro atoms. The first-order chi connectivity index (χ1) is 12.9. The fourth-order valence-corrected chi connectivity index (χ4v) is 2.82. The van der Waals surface area contributed by atoms with E-state index in [0.717, 1.165) is 15.7 Å². The Morgan fingerprint density at radius 3 is 2.26 bits per heavy atom. The number of aliphatic carboxylic acids is 1. The van der Waals surface area contributed by atoms with Crippen molar-refractivity contribution in [3.05, 3.63) is 58.6 Å². The molecule has 144 valence electrons. The number of carbonyl (C=O) groups excluding carboxylic acids is 1. The van der Waals surface area contributed by atoms with Crippen LogP contribution in [0.5, 0.6) is 5.75 Å². The molecular weight excluding hydrogens is 414 g/mol. The van der Waals surface area contributed by atoms with Gasteiger partial charge in [-0.3, -0.25) is 4.79 Å². The number of halogens is 1. The van der Waals surface area contributed by atoms with Crippen molar-refractivity contribution < 1.29 is 24.2 Å². The van der Waals surface area contributed by atoms with Crippen LogP contribution in [-0.2, 0) is 20.7 Å². The van der Waals surface area contributed by atoms with Crippen molar-refractivity contribution in [2.75, 3.05) is 25.2 Å². The second kappa shape index (κ2) is 10.1. The molecule has 2 aromatic rings. The molecule has 1 amide bonds. The molecule has 1 N–H and O–H groups in total. The van der Waals surface area contributed by atoms with E-state index in [1.54, 1.807) is 29.2 Å². The summed E-state index contributed by atoms with van der Waals surface area (Å²) in [5, 5.41) is 9.02. The standard InChI is InChI=1S/C20H22BrNO5/c1-3-22(16-8-6-15(21)7-9-16)19(23)13-27-17-10-4-14(5-11-17)12-18(26-2)20(24)25/h4-11,18H,3,12-13H2,1-2H3,(H,24,25)/t18-/m0/s1. The molecule has 6 nitrogen and oxygen atoms in total. The third-order valence-corrected chi connectivity index (χ3v) is 4.55. The monoisotopic (exact) mass is 435 g/mol. The molecular formula is C20H22BrNO5. The van der Waals surface area contributed by atoms with Gasteiger partial charge in [0.1, 0.15) is 5.75 Å². The Hall–Kier alpha value is -2.38. The van der Waals surface area contributed by atoms with Crippen LogP contribution in [0.4, 0.5) is 5.69 Å². The highest BCUT2D eigenvalue weighted by atomic mass is 79.9. The molecule has 0 aliphatic heterocycles. The van der Waals surface area contributed by atoms with E-state index in [1.807, 2.05) is 31.2 Å². The first kappa shape index (κ1) is 20.9. The van der Waals surface area contributed by atoms with Gasteiger partial charge in [0.15, 0.2) is 12.7 Å². The summed E-state index contributed by atoms with van der Waals surface area (Å²) in [6, 6.07) is 14.5. The topological polar surface area (TPSA) is 76.1 Å². The summed E-state index contributed by atoms with van der Waals surface area (Å²) in [7, 11) is 1.37. The van der Waals surface area contributed by atoms with Gasteiger partial charge >= 0.3 is 5.97 Å². The zero-order valence-corrected chi connectivity index (χ0v) is 16.8. The van der Waals surface area contributed by atoms with Gasteiger partial charge in [-0.2, -0.15) is 0 Å². The lowest BCUT2D eigenvalue weighted by Gasteiger charge is -2.21. The van der Waals surface area contributed by atoms with Crippen LogP contribution in [-0.4, -0.2) is 43.3 Å². The van der Waals surface area contributed by atoms with Crippen molar-refractivity contribution in [3.63, 3.8) is 0 Å². The molecule has 2 aromatic carbocycles. The summed E-state index contributed by atoms with van der Waals surface area (Å²) in [6.07, 6.45) is -0.625. The van der Waals surface area contributed by atoms with Crippen molar-refractivity contribution in [2.24, 2.45) is 0 Å². The minimum Gasteiger partial charge on any atom is -0.484 e. The molecule has 0 aromatic heterocycles. The lowest BCUT2D eigenvalue weighted by molar-refractivity contribution is -0.148. The highest BCUT2D eigenvalue weighted by molar-refractivity contribution is 9.10. The minimum absolute atomic E-state index is 0.0843. The van der Waals surface area contributed by atoms with Crippen molar-refractivity contribution >= 4 is 33.5 Å². The lowest BCUT2D eigenvalue weighted by atomic mass is 10.1. The smallest absolute Gasteiger partial charge is 0.333 e. The number of rotatable bonds is 9. The molecule has 7 heteroatoms. The van der Waals surface area contributed by atoms with Crippen molar-refractivity contribution in [1.82, 2.24) is 0 Å². The van der Waals surface area contributed by atoms with E-state index in [0.29, 0.717) is 12.3 Å². The lowest BCUT2D eigenvalue weighted by Crippen LogP contribution is -2.34. The third-order valence-electron chi connectivity index (χ3n) is 4.02. The van der Waals surface area contributed by atoms with Crippen molar-refractivity contribution in [3.8, 4) is 5.75 Å². The summed E-state index contributed by atoms with van der Waals surface area (Å²) in [4.78, 5) is 25.1. The molecule has 27 heavy (non-hydrogen) atoms. The molecule has 0 aliphatic rings. The van der Waals surface area contributed by atoms with E-state index in [-0.39, 0.29) is 18.9 Å². The zero-order chi connectivity index (χ0) is 19.8. The Morgan fingerprint density at radius 1 is 1.11 bits per heavy atom. The normalized spacial score (nSPS) is 11.7. The van der Waals surface area contributed by atoms with Crippen LogP contribution < -0.4 is 9.64 Å².